The van der Waals surface area contributed by atoms with E-state index in [1.807, 2.05) is 19.1 Å². The van der Waals surface area contributed by atoms with Crippen molar-refractivity contribution in [2.75, 3.05) is 0 Å². The maximum absolute atomic E-state index is 12.5. The second-order valence-corrected chi connectivity index (χ2v) is 5.85. The molecule has 0 saturated heterocycles. The van der Waals surface area contributed by atoms with Crippen LogP contribution < -0.4 is 10.9 Å². The summed E-state index contributed by atoms with van der Waals surface area (Å²) in [6.07, 6.45) is 3.39. The fourth-order valence-corrected chi connectivity index (χ4v) is 2.90. The SMILES string of the molecule is CCCc1cc(C)[nH]c(=O)c1CNC(=O)c1cccc2[nH]ncc12. The van der Waals surface area contributed by atoms with E-state index in [2.05, 4.69) is 27.4 Å². The van der Waals surface area contributed by atoms with E-state index < -0.39 is 0 Å². The average Bonchev–Trinajstić information content (AvgIpc) is 3.02. The van der Waals surface area contributed by atoms with Gasteiger partial charge < -0.3 is 10.3 Å². The van der Waals surface area contributed by atoms with E-state index in [1.165, 1.54) is 0 Å². The van der Waals surface area contributed by atoms with E-state index in [0.29, 0.717) is 11.1 Å². The molecule has 0 saturated carbocycles. The van der Waals surface area contributed by atoms with Crippen LogP contribution in [0, 0.1) is 6.92 Å². The quantitative estimate of drug-likeness (QED) is 0.673. The molecule has 3 rings (SSSR count). The molecule has 6 nitrogen and oxygen atoms in total. The zero-order chi connectivity index (χ0) is 17.1. The summed E-state index contributed by atoms with van der Waals surface area (Å²) in [6, 6.07) is 7.39. The monoisotopic (exact) mass is 324 g/mol. The number of aromatic amines is 2. The Bertz CT molecular complexity index is 940. The van der Waals surface area contributed by atoms with Crippen LogP contribution in [0.3, 0.4) is 0 Å². The third-order valence-electron chi connectivity index (χ3n) is 4.04. The first-order valence-corrected chi connectivity index (χ1v) is 8.02. The molecule has 3 N–H and O–H groups in total. The predicted octanol–water partition coefficient (Wildman–Crippen LogP) is 2.44. The number of benzene rings is 1. The summed E-state index contributed by atoms with van der Waals surface area (Å²) in [5.74, 6) is -0.218. The summed E-state index contributed by atoms with van der Waals surface area (Å²) in [7, 11) is 0. The highest BCUT2D eigenvalue weighted by Gasteiger charge is 2.13. The van der Waals surface area contributed by atoms with Crippen molar-refractivity contribution in [3.05, 3.63) is 63.2 Å². The van der Waals surface area contributed by atoms with Crippen LogP contribution in [-0.2, 0) is 13.0 Å². The van der Waals surface area contributed by atoms with Crippen LogP contribution in [0.15, 0.2) is 35.3 Å². The molecule has 0 bridgehead atoms. The molecule has 0 spiro atoms. The van der Waals surface area contributed by atoms with Gasteiger partial charge in [-0.25, -0.2) is 0 Å². The number of aromatic nitrogens is 3. The summed E-state index contributed by atoms with van der Waals surface area (Å²) in [4.78, 5) is 27.6. The van der Waals surface area contributed by atoms with Crippen LogP contribution >= 0.6 is 0 Å². The third kappa shape index (κ3) is 3.08. The Morgan fingerprint density at radius 3 is 2.96 bits per heavy atom. The maximum atomic E-state index is 12.5. The van der Waals surface area contributed by atoms with Gasteiger partial charge >= 0.3 is 0 Å². The van der Waals surface area contributed by atoms with E-state index in [-0.39, 0.29) is 18.0 Å². The Labute approximate surface area is 139 Å². The molecule has 2 aromatic heterocycles. The van der Waals surface area contributed by atoms with Crippen molar-refractivity contribution < 1.29 is 4.79 Å². The van der Waals surface area contributed by atoms with Crippen LogP contribution in [0.25, 0.3) is 10.9 Å². The van der Waals surface area contributed by atoms with Crippen molar-refractivity contribution >= 4 is 16.8 Å². The standard InChI is InChI=1S/C18H20N4O2/c1-3-5-12-8-11(2)21-18(24)14(12)9-19-17(23)13-6-4-7-16-15(13)10-20-22-16/h4,6-8,10H,3,5,9H2,1-2H3,(H,19,23)(H,20,22)(H,21,24). The van der Waals surface area contributed by atoms with Crippen molar-refractivity contribution in [3.8, 4) is 0 Å². The van der Waals surface area contributed by atoms with Gasteiger partial charge in [-0.05, 0) is 37.1 Å². The van der Waals surface area contributed by atoms with E-state index in [1.54, 1.807) is 18.3 Å². The Morgan fingerprint density at radius 2 is 2.17 bits per heavy atom. The number of fused-ring (bicyclic) bond motifs is 1. The number of carbonyl (C=O) groups excluding carboxylic acids is 1. The first-order chi connectivity index (χ1) is 11.6. The lowest BCUT2D eigenvalue weighted by Crippen LogP contribution is -2.28. The lowest BCUT2D eigenvalue weighted by molar-refractivity contribution is 0.0952. The highest BCUT2D eigenvalue weighted by Crippen LogP contribution is 2.16. The van der Waals surface area contributed by atoms with Gasteiger partial charge in [-0.15, -0.1) is 0 Å². The number of rotatable bonds is 5. The topological polar surface area (TPSA) is 90.6 Å². The van der Waals surface area contributed by atoms with Crippen LogP contribution in [0.1, 0.15) is 40.5 Å². The fourth-order valence-electron chi connectivity index (χ4n) is 2.90. The molecule has 1 amide bonds. The van der Waals surface area contributed by atoms with E-state index in [4.69, 9.17) is 0 Å². The van der Waals surface area contributed by atoms with Crippen molar-refractivity contribution in [1.29, 1.82) is 0 Å². The molecule has 24 heavy (non-hydrogen) atoms. The van der Waals surface area contributed by atoms with Gasteiger partial charge in [0.05, 0.1) is 17.3 Å². The zero-order valence-electron chi connectivity index (χ0n) is 13.8. The van der Waals surface area contributed by atoms with Crippen molar-refractivity contribution in [1.82, 2.24) is 20.5 Å². The average molecular weight is 324 g/mol. The van der Waals surface area contributed by atoms with Crippen LogP contribution in [-0.4, -0.2) is 21.1 Å². The number of carbonyl (C=O) groups is 1. The van der Waals surface area contributed by atoms with Crippen LogP contribution in [0.4, 0.5) is 0 Å². The summed E-state index contributed by atoms with van der Waals surface area (Å²) in [5, 5.41) is 10.4. The molecule has 3 aromatic rings. The molecule has 1 aromatic carbocycles. The lowest BCUT2D eigenvalue weighted by Gasteiger charge is -2.11. The number of H-pyrrole nitrogens is 2. The smallest absolute Gasteiger partial charge is 0.253 e. The summed E-state index contributed by atoms with van der Waals surface area (Å²) >= 11 is 0. The lowest BCUT2D eigenvalue weighted by atomic mass is 10.0. The Balaban J connectivity index is 1.85. The normalized spacial score (nSPS) is 10.9. The molecule has 0 radical (unpaired) electrons. The summed E-state index contributed by atoms with van der Waals surface area (Å²) < 4.78 is 0. The van der Waals surface area contributed by atoms with E-state index in [9.17, 15) is 9.59 Å². The molecule has 6 heteroatoms. The molecule has 0 fully saturated rings. The van der Waals surface area contributed by atoms with Gasteiger partial charge in [-0.2, -0.15) is 5.10 Å². The molecule has 0 aliphatic carbocycles. The highest BCUT2D eigenvalue weighted by atomic mass is 16.1. The molecule has 0 unspecified atom stereocenters. The Morgan fingerprint density at radius 1 is 1.33 bits per heavy atom. The number of pyridine rings is 1. The molecule has 0 aliphatic heterocycles. The molecule has 0 aliphatic rings. The zero-order valence-corrected chi connectivity index (χ0v) is 13.8. The number of amides is 1. The van der Waals surface area contributed by atoms with Crippen molar-refractivity contribution in [2.45, 2.75) is 33.2 Å². The fraction of sp³-hybridized carbons (Fsp3) is 0.278. The molecule has 0 atom stereocenters. The second-order valence-electron chi connectivity index (χ2n) is 5.85. The van der Waals surface area contributed by atoms with Gasteiger partial charge in [-0.3, -0.25) is 14.7 Å². The van der Waals surface area contributed by atoms with Crippen LogP contribution in [0.2, 0.25) is 0 Å². The highest BCUT2D eigenvalue weighted by molar-refractivity contribution is 6.05. The minimum atomic E-state index is -0.218. The Kier molecular flexibility index (Phi) is 4.46. The summed E-state index contributed by atoms with van der Waals surface area (Å²) in [6.45, 7) is 4.14. The molecular weight excluding hydrogens is 304 g/mol. The number of nitrogens with one attached hydrogen (secondary N) is 3. The first-order valence-electron chi connectivity index (χ1n) is 8.02. The largest absolute Gasteiger partial charge is 0.348 e. The minimum Gasteiger partial charge on any atom is -0.348 e. The molecule has 2 heterocycles. The van der Waals surface area contributed by atoms with Gasteiger partial charge in [0.1, 0.15) is 0 Å². The second kappa shape index (κ2) is 6.70. The van der Waals surface area contributed by atoms with Crippen molar-refractivity contribution in [2.24, 2.45) is 0 Å². The first kappa shape index (κ1) is 16.0. The van der Waals surface area contributed by atoms with E-state index in [0.717, 1.165) is 35.0 Å². The summed E-state index contributed by atoms with van der Waals surface area (Å²) in [5.41, 5.74) is 3.65. The van der Waals surface area contributed by atoms with Crippen molar-refractivity contribution in [3.63, 3.8) is 0 Å². The molecular formula is C18H20N4O2. The predicted molar refractivity (Wildman–Crippen MR) is 93.1 cm³/mol. The Hall–Kier alpha value is -2.89. The number of aryl methyl sites for hydroxylation is 2. The van der Waals surface area contributed by atoms with Gasteiger partial charge in [-0.1, -0.05) is 19.4 Å². The molecule has 124 valence electrons. The minimum absolute atomic E-state index is 0.139. The number of hydrogen-bond acceptors (Lipinski definition) is 3. The number of nitrogens with zero attached hydrogens (tertiary/aromatic N) is 1. The van der Waals surface area contributed by atoms with Gasteiger partial charge in [0, 0.05) is 23.2 Å². The van der Waals surface area contributed by atoms with Gasteiger partial charge in [0.2, 0.25) is 0 Å². The van der Waals surface area contributed by atoms with Gasteiger partial charge in [0.15, 0.2) is 0 Å². The number of hydrogen-bond donors (Lipinski definition) is 3. The third-order valence-corrected chi connectivity index (χ3v) is 4.04. The van der Waals surface area contributed by atoms with Crippen LogP contribution in [0.5, 0.6) is 0 Å². The van der Waals surface area contributed by atoms with E-state index >= 15 is 0 Å². The van der Waals surface area contributed by atoms with Gasteiger partial charge in [0.25, 0.3) is 11.5 Å². The maximum Gasteiger partial charge on any atom is 0.253 e.